The van der Waals surface area contributed by atoms with Gasteiger partial charge in [0.1, 0.15) is 0 Å². The predicted molar refractivity (Wildman–Crippen MR) is 82.6 cm³/mol. The number of anilines is 1. The molecule has 1 aromatic heterocycles. The number of aliphatic hydroxyl groups is 1. The first-order valence-electron chi connectivity index (χ1n) is 6.75. The van der Waals surface area contributed by atoms with Crippen molar-refractivity contribution in [1.29, 1.82) is 0 Å². The van der Waals surface area contributed by atoms with Crippen molar-refractivity contribution in [3.63, 3.8) is 0 Å². The van der Waals surface area contributed by atoms with Crippen LogP contribution in [-0.2, 0) is 0 Å². The van der Waals surface area contributed by atoms with E-state index < -0.39 is 0 Å². The summed E-state index contributed by atoms with van der Waals surface area (Å²) < 4.78 is 1.05. The van der Waals surface area contributed by atoms with Crippen molar-refractivity contribution in [3.05, 3.63) is 40.9 Å². The Morgan fingerprint density at radius 3 is 2.55 bits per heavy atom. The largest absolute Gasteiger partial charge is 0.391 e. The van der Waals surface area contributed by atoms with E-state index in [1.54, 1.807) is 0 Å². The third-order valence-electron chi connectivity index (χ3n) is 3.51. The monoisotopic (exact) mass is 333 g/mol. The lowest BCUT2D eigenvalue weighted by Crippen LogP contribution is -2.38. The molecule has 3 rings (SSSR count). The summed E-state index contributed by atoms with van der Waals surface area (Å²) in [5.41, 5.74) is 1.91. The Kier molecular flexibility index (Phi) is 3.98. The smallest absolute Gasteiger partial charge is 0.151 e. The number of β-amino-alcohol motifs (C(OH)–C–C–N with tert-alkyl or cyclic N) is 1. The second-order valence-electron chi connectivity index (χ2n) is 5.03. The molecule has 4 nitrogen and oxygen atoms in total. The van der Waals surface area contributed by atoms with Crippen molar-refractivity contribution in [2.24, 2.45) is 0 Å². The number of hydrogen-bond donors (Lipinski definition) is 1. The van der Waals surface area contributed by atoms with Crippen LogP contribution in [0.5, 0.6) is 0 Å². The molecule has 0 radical (unpaired) electrons. The first kappa shape index (κ1) is 13.5. The Bertz CT molecular complexity index is 571. The molecule has 0 bridgehead atoms. The van der Waals surface area contributed by atoms with E-state index in [1.807, 2.05) is 36.4 Å². The number of aliphatic hydroxyl groups excluding tert-OH is 1. The van der Waals surface area contributed by atoms with Crippen LogP contribution in [0.3, 0.4) is 0 Å². The molecule has 1 aliphatic heterocycles. The molecule has 0 saturated carbocycles. The molecule has 2 heterocycles. The van der Waals surface area contributed by atoms with E-state index >= 15 is 0 Å². The summed E-state index contributed by atoms with van der Waals surface area (Å²) in [6.45, 7) is 1.58. The van der Waals surface area contributed by atoms with Gasteiger partial charge in [-0.2, -0.15) is 0 Å². The number of hydrogen-bond acceptors (Lipinski definition) is 4. The van der Waals surface area contributed by atoms with Gasteiger partial charge in [0, 0.05) is 23.1 Å². The van der Waals surface area contributed by atoms with Gasteiger partial charge in [0.15, 0.2) is 5.82 Å². The summed E-state index contributed by atoms with van der Waals surface area (Å²) >= 11 is 3.42. The first-order valence-corrected chi connectivity index (χ1v) is 7.54. The van der Waals surface area contributed by atoms with Crippen LogP contribution in [0.1, 0.15) is 12.8 Å². The molecule has 104 valence electrons. The minimum Gasteiger partial charge on any atom is -0.391 e. The number of halogens is 1. The zero-order valence-corrected chi connectivity index (χ0v) is 12.6. The number of aromatic nitrogens is 2. The minimum absolute atomic E-state index is 0.253. The summed E-state index contributed by atoms with van der Waals surface area (Å²) in [5, 5.41) is 18.3. The fraction of sp³-hybridized carbons (Fsp3) is 0.333. The second-order valence-corrected chi connectivity index (χ2v) is 5.94. The third-order valence-corrected chi connectivity index (χ3v) is 4.04. The van der Waals surface area contributed by atoms with E-state index in [4.69, 9.17) is 0 Å². The molecule has 0 amide bonds. The van der Waals surface area contributed by atoms with Gasteiger partial charge in [0.25, 0.3) is 0 Å². The molecule has 2 aromatic rings. The van der Waals surface area contributed by atoms with Crippen LogP contribution in [-0.4, -0.2) is 34.5 Å². The van der Waals surface area contributed by atoms with Crippen molar-refractivity contribution in [2.45, 2.75) is 18.9 Å². The molecule has 1 saturated heterocycles. The summed E-state index contributed by atoms with van der Waals surface area (Å²) in [6, 6.07) is 12.0. The predicted octanol–water partition coefficient (Wildman–Crippen LogP) is 2.87. The zero-order valence-electron chi connectivity index (χ0n) is 11.0. The molecule has 0 aliphatic carbocycles. The number of piperidine rings is 1. The van der Waals surface area contributed by atoms with Crippen molar-refractivity contribution >= 4 is 21.7 Å². The second kappa shape index (κ2) is 5.89. The Morgan fingerprint density at radius 2 is 1.90 bits per heavy atom. The Hall–Kier alpha value is -1.46. The topological polar surface area (TPSA) is 49.2 Å². The number of nitrogens with zero attached hydrogens (tertiary/aromatic N) is 3. The first-order chi connectivity index (χ1) is 9.72. The number of benzene rings is 1. The maximum atomic E-state index is 9.71. The summed E-state index contributed by atoms with van der Waals surface area (Å²) in [6.07, 6.45) is 1.62. The summed E-state index contributed by atoms with van der Waals surface area (Å²) in [7, 11) is 0. The highest BCUT2D eigenvalue weighted by Gasteiger charge is 2.19. The van der Waals surface area contributed by atoms with Gasteiger partial charge < -0.3 is 10.0 Å². The zero-order chi connectivity index (χ0) is 13.9. The SMILES string of the molecule is OC1CCCN(c2ccc(-c3ccc(Br)cc3)nn2)C1. The van der Waals surface area contributed by atoms with Crippen LogP contribution in [0.2, 0.25) is 0 Å². The molecule has 1 aromatic carbocycles. The molecule has 5 heteroatoms. The fourth-order valence-corrected chi connectivity index (χ4v) is 2.70. The molecule has 1 N–H and O–H groups in total. The van der Waals surface area contributed by atoms with E-state index in [0.29, 0.717) is 6.54 Å². The van der Waals surface area contributed by atoms with Gasteiger partial charge in [0.2, 0.25) is 0 Å². The lowest BCUT2D eigenvalue weighted by Gasteiger charge is -2.30. The third kappa shape index (κ3) is 2.99. The number of rotatable bonds is 2. The molecule has 20 heavy (non-hydrogen) atoms. The normalized spacial score (nSPS) is 19.1. The maximum absolute atomic E-state index is 9.71. The van der Waals surface area contributed by atoms with Crippen LogP contribution in [0.15, 0.2) is 40.9 Å². The average molecular weight is 334 g/mol. The van der Waals surface area contributed by atoms with E-state index in [1.165, 1.54) is 0 Å². The van der Waals surface area contributed by atoms with E-state index in [-0.39, 0.29) is 6.10 Å². The van der Waals surface area contributed by atoms with Gasteiger partial charge in [-0.25, -0.2) is 0 Å². The Labute approximate surface area is 126 Å². The summed E-state index contributed by atoms with van der Waals surface area (Å²) in [5.74, 6) is 0.838. The lowest BCUT2D eigenvalue weighted by molar-refractivity contribution is 0.154. The highest BCUT2D eigenvalue weighted by Crippen LogP contribution is 2.22. The van der Waals surface area contributed by atoms with Gasteiger partial charge in [0.05, 0.1) is 11.8 Å². The molecule has 0 spiro atoms. The van der Waals surface area contributed by atoms with Crippen LogP contribution < -0.4 is 4.90 Å². The molecular formula is C15H16BrN3O. The van der Waals surface area contributed by atoms with Gasteiger partial charge >= 0.3 is 0 Å². The Morgan fingerprint density at radius 1 is 1.10 bits per heavy atom. The molecular weight excluding hydrogens is 318 g/mol. The van der Waals surface area contributed by atoms with Crippen LogP contribution in [0.25, 0.3) is 11.3 Å². The molecule has 1 fully saturated rings. The van der Waals surface area contributed by atoms with E-state index in [9.17, 15) is 5.11 Å². The van der Waals surface area contributed by atoms with Crippen molar-refractivity contribution < 1.29 is 5.11 Å². The van der Waals surface area contributed by atoms with Gasteiger partial charge in [-0.15, -0.1) is 10.2 Å². The van der Waals surface area contributed by atoms with Crippen molar-refractivity contribution in [1.82, 2.24) is 10.2 Å². The highest BCUT2D eigenvalue weighted by atomic mass is 79.9. The quantitative estimate of drug-likeness (QED) is 0.918. The molecule has 1 unspecified atom stereocenters. The molecule has 1 atom stereocenters. The van der Waals surface area contributed by atoms with E-state index in [2.05, 4.69) is 31.0 Å². The molecule has 1 aliphatic rings. The average Bonchev–Trinajstić information content (AvgIpc) is 2.48. The van der Waals surface area contributed by atoms with Crippen LogP contribution >= 0.6 is 15.9 Å². The van der Waals surface area contributed by atoms with Gasteiger partial charge in [-0.05, 0) is 37.1 Å². The van der Waals surface area contributed by atoms with Gasteiger partial charge in [-0.3, -0.25) is 0 Å². The van der Waals surface area contributed by atoms with Gasteiger partial charge in [-0.1, -0.05) is 28.1 Å². The fourth-order valence-electron chi connectivity index (χ4n) is 2.43. The Balaban J connectivity index is 1.78. The minimum atomic E-state index is -0.253. The summed E-state index contributed by atoms with van der Waals surface area (Å²) in [4.78, 5) is 2.09. The van der Waals surface area contributed by atoms with Crippen LogP contribution in [0, 0.1) is 0 Å². The standard InChI is InChI=1S/C15H16BrN3O/c16-12-5-3-11(4-6-12)14-7-8-15(18-17-14)19-9-1-2-13(20)10-19/h3-8,13,20H,1-2,9-10H2. The van der Waals surface area contributed by atoms with Crippen LogP contribution in [0.4, 0.5) is 5.82 Å². The van der Waals surface area contributed by atoms with Crippen molar-refractivity contribution in [2.75, 3.05) is 18.0 Å². The highest BCUT2D eigenvalue weighted by molar-refractivity contribution is 9.10. The van der Waals surface area contributed by atoms with E-state index in [0.717, 1.165) is 40.9 Å². The maximum Gasteiger partial charge on any atom is 0.151 e. The lowest BCUT2D eigenvalue weighted by atomic mass is 10.1. The van der Waals surface area contributed by atoms with Crippen molar-refractivity contribution in [3.8, 4) is 11.3 Å².